The highest BCUT2D eigenvalue weighted by Crippen LogP contribution is 2.45. The number of anilines is 1. The van der Waals surface area contributed by atoms with Crippen molar-refractivity contribution < 1.29 is 24.1 Å². The van der Waals surface area contributed by atoms with Crippen molar-refractivity contribution in [1.29, 1.82) is 0 Å². The number of hydrogen-bond acceptors (Lipinski definition) is 6. The SMILES string of the molecule is CCOCCOCc1nc(C)c(C(OC(C)(C)C)C(=O)O)c(N2CCC(C)(C)CC2)c1-c1ccccc1. The van der Waals surface area contributed by atoms with Crippen molar-refractivity contribution in [2.24, 2.45) is 5.41 Å². The lowest BCUT2D eigenvalue weighted by Gasteiger charge is -2.41. The number of ether oxygens (including phenoxy) is 3. The van der Waals surface area contributed by atoms with Crippen LogP contribution in [0, 0.1) is 12.3 Å². The molecule has 0 bridgehead atoms. The molecule has 1 aliphatic rings. The van der Waals surface area contributed by atoms with Gasteiger partial charge in [-0.2, -0.15) is 0 Å². The molecule has 1 atom stereocenters. The lowest BCUT2D eigenvalue weighted by Crippen LogP contribution is -2.39. The lowest BCUT2D eigenvalue weighted by molar-refractivity contribution is -0.160. The Balaban J connectivity index is 2.23. The molecule has 0 amide bonds. The quantitative estimate of drug-likeness (QED) is 0.360. The van der Waals surface area contributed by atoms with Gasteiger partial charge >= 0.3 is 5.97 Å². The van der Waals surface area contributed by atoms with E-state index in [1.54, 1.807) is 0 Å². The van der Waals surface area contributed by atoms with Crippen molar-refractivity contribution in [3.63, 3.8) is 0 Å². The highest BCUT2D eigenvalue weighted by atomic mass is 16.5. The molecule has 3 rings (SSSR count). The number of nitrogens with zero attached hydrogens (tertiary/aromatic N) is 2. The Morgan fingerprint density at radius 1 is 1.11 bits per heavy atom. The molecule has 2 heterocycles. The van der Waals surface area contributed by atoms with E-state index in [-0.39, 0.29) is 5.41 Å². The molecular formula is C30H44N2O5. The van der Waals surface area contributed by atoms with Gasteiger partial charge in [-0.3, -0.25) is 4.98 Å². The summed E-state index contributed by atoms with van der Waals surface area (Å²) in [6, 6.07) is 10.1. The fourth-order valence-corrected chi connectivity index (χ4v) is 4.77. The van der Waals surface area contributed by atoms with E-state index >= 15 is 0 Å². The molecule has 2 aromatic rings. The van der Waals surface area contributed by atoms with E-state index < -0.39 is 17.7 Å². The average Bonchev–Trinajstić information content (AvgIpc) is 2.82. The highest BCUT2D eigenvalue weighted by Gasteiger charge is 2.36. The minimum absolute atomic E-state index is 0.241. The first-order chi connectivity index (χ1) is 17.4. The van der Waals surface area contributed by atoms with E-state index in [0.717, 1.165) is 48.4 Å². The number of piperidine rings is 1. The summed E-state index contributed by atoms with van der Waals surface area (Å²) in [6.45, 7) is 17.7. The van der Waals surface area contributed by atoms with Gasteiger partial charge in [-0.15, -0.1) is 0 Å². The van der Waals surface area contributed by atoms with Crippen LogP contribution in [0.25, 0.3) is 11.1 Å². The zero-order valence-electron chi connectivity index (χ0n) is 23.6. The van der Waals surface area contributed by atoms with Crippen LogP contribution in [0.5, 0.6) is 0 Å². The molecule has 37 heavy (non-hydrogen) atoms. The van der Waals surface area contributed by atoms with Gasteiger partial charge in [-0.1, -0.05) is 44.2 Å². The van der Waals surface area contributed by atoms with Crippen LogP contribution in [-0.4, -0.2) is 54.6 Å². The van der Waals surface area contributed by atoms with Crippen LogP contribution in [0.1, 0.15) is 77.4 Å². The van der Waals surface area contributed by atoms with E-state index in [1.807, 2.05) is 52.8 Å². The number of hydrogen-bond donors (Lipinski definition) is 1. The Labute approximate surface area is 222 Å². The predicted molar refractivity (Wildman–Crippen MR) is 147 cm³/mol. The number of benzene rings is 1. The molecule has 1 N–H and O–H groups in total. The molecule has 1 unspecified atom stereocenters. The van der Waals surface area contributed by atoms with Crippen LogP contribution in [0.3, 0.4) is 0 Å². The molecule has 1 aromatic heterocycles. The third kappa shape index (κ3) is 7.76. The minimum atomic E-state index is -1.15. The van der Waals surface area contributed by atoms with Crippen LogP contribution in [0.15, 0.2) is 30.3 Å². The maximum Gasteiger partial charge on any atom is 0.337 e. The van der Waals surface area contributed by atoms with Crippen molar-refractivity contribution in [2.45, 2.75) is 79.6 Å². The van der Waals surface area contributed by atoms with Gasteiger partial charge in [-0.05, 0) is 58.4 Å². The van der Waals surface area contributed by atoms with Crippen LogP contribution in [0.4, 0.5) is 5.69 Å². The lowest BCUT2D eigenvalue weighted by atomic mass is 9.81. The van der Waals surface area contributed by atoms with E-state index in [9.17, 15) is 9.90 Å². The smallest absolute Gasteiger partial charge is 0.337 e. The molecule has 0 saturated carbocycles. The Kier molecular flexibility index (Phi) is 9.73. The van der Waals surface area contributed by atoms with E-state index in [2.05, 4.69) is 30.9 Å². The van der Waals surface area contributed by atoms with Crippen LogP contribution in [-0.2, 0) is 25.6 Å². The van der Waals surface area contributed by atoms with Crippen LogP contribution in [0.2, 0.25) is 0 Å². The average molecular weight is 513 g/mol. The molecule has 1 saturated heterocycles. The fourth-order valence-electron chi connectivity index (χ4n) is 4.77. The normalized spacial score (nSPS) is 16.6. The Bertz CT molecular complexity index is 1040. The second-order valence-corrected chi connectivity index (χ2v) is 11.5. The predicted octanol–water partition coefficient (Wildman–Crippen LogP) is 6.18. The number of pyridine rings is 1. The molecule has 1 aromatic carbocycles. The van der Waals surface area contributed by atoms with E-state index in [1.165, 1.54) is 0 Å². The van der Waals surface area contributed by atoms with Crippen LogP contribution < -0.4 is 4.90 Å². The number of aromatic nitrogens is 1. The summed E-state index contributed by atoms with van der Waals surface area (Å²) in [4.78, 5) is 19.9. The second-order valence-electron chi connectivity index (χ2n) is 11.5. The van der Waals surface area contributed by atoms with Gasteiger partial charge in [0.05, 0.1) is 36.8 Å². The van der Waals surface area contributed by atoms with Gasteiger partial charge in [0.2, 0.25) is 0 Å². The van der Waals surface area contributed by atoms with Gasteiger partial charge in [0.25, 0.3) is 0 Å². The topological polar surface area (TPSA) is 81.1 Å². The largest absolute Gasteiger partial charge is 0.479 e. The highest BCUT2D eigenvalue weighted by molar-refractivity contribution is 5.88. The third-order valence-electron chi connectivity index (χ3n) is 6.74. The first kappa shape index (κ1) is 29.1. The molecule has 204 valence electrons. The van der Waals surface area contributed by atoms with Gasteiger partial charge in [-0.25, -0.2) is 4.79 Å². The molecular weight excluding hydrogens is 468 g/mol. The number of carboxylic acid groups (broad SMARTS) is 1. The first-order valence-electron chi connectivity index (χ1n) is 13.3. The molecule has 1 fully saturated rings. The first-order valence-corrected chi connectivity index (χ1v) is 13.3. The molecule has 7 nitrogen and oxygen atoms in total. The van der Waals surface area contributed by atoms with Crippen molar-refractivity contribution >= 4 is 11.7 Å². The number of aliphatic carboxylic acids is 1. The Morgan fingerprint density at radius 2 is 1.73 bits per heavy atom. The monoisotopic (exact) mass is 512 g/mol. The van der Waals surface area contributed by atoms with Crippen LogP contribution >= 0.6 is 0 Å². The Hall–Kier alpha value is -2.48. The maximum absolute atomic E-state index is 12.7. The summed E-state index contributed by atoms with van der Waals surface area (Å²) in [5.74, 6) is -1.02. The molecule has 0 aliphatic carbocycles. The van der Waals surface area contributed by atoms with Crippen molar-refractivity contribution in [3.8, 4) is 11.1 Å². The number of rotatable bonds is 11. The van der Waals surface area contributed by atoms with Crippen molar-refractivity contribution in [1.82, 2.24) is 4.98 Å². The summed E-state index contributed by atoms with van der Waals surface area (Å²) in [5.41, 5.74) is 4.47. The molecule has 0 spiro atoms. The van der Waals surface area contributed by atoms with Crippen molar-refractivity contribution in [2.75, 3.05) is 37.8 Å². The van der Waals surface area contributed by atoms with Gasteiger partial charge in [0.15, 0.2) is 6.10 Å². The summed E-state index contributed by atoms with van der Waals surface area (Å²) in [6.07, 6.45) is 0.882. The third-order valence-corrected chi connectivity index (χ3v) is 6.74. The fraction of sp³-hybridized carbons (Fsp3) is 0.600. The summed E-state index contributed by atoms with van der Waals surface area (Å²) in [5, 5.41) is 10.4. The van der Waals surface area contributed by atoms with Gasteiger partial charge in [0.1, 0.15) is 0 Å². The van der Waals surface area contributed by atoms with Gasteiger partial charge in [0, 0.05) is 36.5 Å². The number of carbonyl (C=O) groups is 1. The number of aryl methyl sites for hydroxylation is 1. The molecule has 1 aliphatic heterocycles. The second kappa shape index (κ2) is 12.4. The van der Waals surface area contributed by atoms with Crippen molar-refractivity contribution in [3.05, 3.63) is 47.3 Å². The standard InChI is InChI=1S/C30H44N2O5/c1-8-35-18-19-36-20-23-25(22-12-10-9-11-13-22)26(32-16-14-30(6,7)15-17-32)24(21(2)31-23)27(28(33)34)37-29(3,4)5/h9-13,27H,8,14-20H2,1-7H3,(H,33,34). The Morgan fingerprint density at radius 3 is 2.30 bits per heavy atom. The zero-order chi connectivity index (χ0) is 27.2. The maximum atomic E-state index is 12.7. The minimum Gasteiger partial charge on any atom is -0.479 e. The zero-order valence-corrected chi connectivity index (χ0v) is 23.6. The molecule has 0 radical (unpaired) electrons. The van der Waals surface area contributed by atoms with E-state index in [0.29, 0.717) is 37.7 Å². The number of carboxylic acids is 1. The summed E-state index contributed by atoms with van der Waals surface area (Å²) < 4.78 is 17.6. The summed E-state index contributed by atoms with van der Waals surface area (Å²) in [7, 11) is 0. The molecule has 7 heteroatoms. The van der Waals surface area contributed by atoms with E-state index in [4.69, 9.17) is 19.2 Å². The van der Waals surface area contributed by atoms with Gasteiger partial charge < -0.3 is 24.2 Å². The summed E-state index contributed by atoms with van der Waals surface area (Å²) >= 11 is 0.